The molecule has 1 fully saturated rings. The van der Waals surface area contributed by atoms with Crippen LogP contribution in [0.4, 0.5) is 16.0 Å². The number of aromatic nitrogens is 2. The van der Waals surface area contributed by atoms with Crippen molar-refractivity contribution in [1.82, 2.24) is 14.9 Å². The molecule has 182 valence electrons. The van der Waals surface area contributed by atoms with Gasteiger partial charge in [0, 0.05) is 54.9 Å². The molecule has 8 nitrogen and oxygen atoms in total. The Hall–Kier alpha value is -3.56. The van der Waals surface area contributed by atoms with Crippen molar-refractivity contribution < 1.29 is 23.8 Å². The van der Waals surface area contributed by atoms with E-state index in [0.29, 0.717) is 54.8 Å². The molecule has 0 radical (unpaired) electrons. The summed E-state index contributed by atoms with van der Waals surface area (Å²) in [7, 11) is 1.66. The van der Waals surface area contributed by atoms with Crippen molar-refractivity contribution in [2.75, 3.05) is 51.5 Å². The number of hydrogen-bond acceptors (Lipinski definition) is 7. The molecule has 1 amide bonds. The van der Waals surface area contributed by atoms with E-state index >= 15 is 0 Å². The smallest absolute Gasteiger partial charge is 0.253 e. The number of benzene rings is 2. The predicted molar refractivity (Wildman–Crippen MR) is 129 cm³/mol. The fourth-order valence-electron chi connectivity index (χ4n) is 4.64. The average Bonchev–Trinajstić information content (AvgIpc) is 3.20. The van der Waals surface area contributed by atoms with Gasteiger partial charge in [-0.05, 0) is 42.8 Å². The van der Waals surface area contributed by atoms with E-state index in [4.69, 9.17) is 9.47 Å². The Kier molecular flexibility index (Phi) is 6.12. The first-order valence-electron chi connectivity index (χ1n) is 11.6. The SMILES string of the molecule is CCOc1ccc(F)c(-c2cnc(N3CC4(COC4)c4ccc(C(=O)N(C)CCO)cc43)nc2)c1. The molecule has 1 saturated heterocycles. The van der Waals surface area contributed by atoms with E-state index in [1.54, 1.807) is 31.6 Å². The summed E-state index contributed by atoms with van der Waals surface area (Å²) in [5.74, 6) is 0.496. The first-order valence-corrected chi connectivity index (χ1v) is 11.6. The Labute approximate surface area is 202 Å². The summed E-state index contributed by atoms with van der Waals surface area (Å²) in [6, 6.07) is 10.2. The van der Waals surface area contributed by atoms with Gasteiger partial charge in [0.1, 0.15) is 11.6 Å². The highest BCUT2D eigenvalue weighted by atomic mass is 19.1. The van der Waals surface area contributed by atoms with Crippen molar-refractivity contribution in [2.24, 2.45) is 0 Å². The van der Waals surface area contributed by atoms with Crippen LogP contribution in [0.25, 0.3) is 11.1 Å². The second-order valence-electron chi connectivity index (χ2n) is 8.89. The number of aliphatic hydroxyl groups is 1. The molecule has 1 aromatic heterocycles. The second-order valence-corrected chi connectivity index (χ2v) is 8.89. The van der Waals surface area contributed by atoms with E-state index in [1.165, 1.54) is 11.0 Å². The third-order valence-corrected chi connectivity index (χ3v) is 6.55. The van der Waals surface area contributed by atoms with Gasteiger partial charge in [-0.25, -0.2) is 14.4 Å². The van der Waals surface area contributed by atoms with Gasteiger partial charge in [0.05, 0.1) is 31.8 Å². The number of rotatable bonds is 7. The van der Waals surface area contributed by atoms with Crippen LogP contribution in [-0.2, 0) is 10.2 Å². The van der Waals surface area contributed by atoms with E-state index in [1.807, 2.05) is 30.0 Å². The number of hydrogen-bond donors (Lipinski definition) is 1. The largest absolute Gasteiger partial charge is 0.494 e. The lowest BCUT2D eigenvalue weighted by molar-refractivity contribution is -0.0507. The van der Waals surface area contributed by atoms with Gasteiger partial charge in [0.15, 0.2) is 0 Å². The lowest BCUT2D eigenvalue weighted by Gasteiger charge is -2.38. The Balaban J connectivity index is 1.48. The van der Waals surface area contributed by atoms with Crippen LogP contribution in [0.3, 0.4) is 0 Å². The van der Waals surface area contributed by atoms with Crippen molar-refractivity contribution in [3.8, 4) is 16.9 Å². The maximum Gasteiger partial charge on any atom is 0.253 e. The number of aliphatic hydroxyl groups excluding tert-OH is 1. The topological polar surface area (TPSA) is 88.0 Å². The summed E-state index contributed by atoms with van der Waals surface area (Å²) in [4.78, 5) is 25.4. The number of likely N-dealkylation sites (N-methyl/N-ethyl adjacent to an activating group) is 1. The van der Waals surface area contributed by atoms with Gasteiger partial charge >= 0.3 is 0 Å². The summed E-state index contributed by atoms with van der Waals surface area (Å²) >= 11 is 0. The molecule has 9 heteroatoms. The van der Waals surface area contributed by atoms with Crippen LogP contribution in [0.1, 0.15) is 22.8 Å². The summed E-state index contributed by atoms with van der Waals surface area (Å²) in [5.41, 5.74) is 3.21. The highest BCUT2D eigenvalue weighted by molar-refractivity contribution is 5.96. The third-order valence-electron chi connectivity index (χ3n) is 6.55. The number of fused-ring (bicyclic) bond motifs is 2. The third kappa shape index (κ3) is 4.11. The molecule has 2 aliphatic rings. The summed E-state index contributed by atoms with van der Waals surface area (Å²) in [5, 5.41) is 9.19. The van der Waals surface area contributed by atoms with Crippen LogP contribution in [0, 0.1) is 5.82 Å². The Bertz CT molecular complexity index is 1250. The minimum atomic E-state index is -0.378. The van der Waals surface area contributed by atoms with E-state index < -0.39 is 0 Å². The van der Waals surface area contributed by atoms with Gasteiger partial charge in [-0.15, -0.1) is 0 Å². The predicted octanol–water partition coefficient (Wildman–Crippen LogP) is 3.17. The molecule has 2 aliphatic heterocycles. The summed E-state index contributed by atoms with van der Waals surface area (Å²) < 4.78 is 25.5. The van der Waals surface area contributed by atoms with Crippen LogP contribution in [0.2, 0.25) is 0 Å². The first-order chi connectivity index (χ1) is 17.0. The van der Waals surface area contributed by atoms with Crippen LogP contribution >= 0.6 is 0 Å². The normalized spacial score (nSPS) is 15.6. The maximum absolute atomic E-state index is 14.5. The van der Waals surface area contributed by atoms with Crippen molar-refractivity contribution in [2.45, 2.75) is 12.3 Å². The molecule has 5 rings (SSSR count). The number of halogens is 1. The second kappa shape index (κ2) is 9.24. The molecule has 0 atom stereocenters. The molecule has 0 unspecified atom stereocenters. The Morgan fingerprint density at radius 2 is 2.00 bits per heavy atom. The first kappa shape index (κ1) is 23.2. The van der Waals surface area contributed by atoms with Crippen LogP contribution in [0.15, 0.2) is 48.8 Å². The van der Waals surface area contributed by atoms with Crippen molar-refractivity contribution in [1.29, 1.82) is 0 Å². The highest BCUT2D eigenvalue weighted by Gasteiger charge is 2.49. The molecule has 0 bridgehead atoms. The Morgan fingerprint density at radius 3 is 2.66 bits per heavy atom. The fourth-order valence-corrected chi connectivity index (χ4v) is 4.64. The van der Waals surface area contributed by atoms with Gasteiger partial charge in [0.25, 0.3) is 5.91 Å². The monoisotopic (exact) mass is 478 g/mol. The zero-order chi connectivity index (χ0) is 24.6. The zero-order valence-electron chi connectivity index (χ0n) is 19.7. The van der Waals surface area contributed by atoms with Gasteiger partial charge in [-0.1, -0.05) is 6.07 Å². The van der Waals surface area contributed by atoms with Crippen molar-refractivity contribution in [3.63, 3.8) is 0 Å². The molecule has 0 aliphatic carbocycles. The summed E-state index contributed by atoms with van der Waals surface area (Å²) in [6.45, 7) is 4.31. The lowest BCUT2D eigenvalue weighted by atomic mass is 9.80. The number of carbonyl (C=O) groups excluding carboxylic acids is 1. The maximum atomic E-state index is 14.5. The van der Waals surface area contributed by atoms with Crippen LogP contribution < -0.4 is 9.64 Å². The average molecular weight is 479 g/mol. The number of amides is 1. The number of anilines is 2. The van der Waals surface area contributed by atoms with E-state index in [0.717, 1.165) is 11.3 Å². The molecular weight excluding hydrogens is 451 g/mol. The fraction of sp³-hybridized carbons (Fsp3) is 0.346. The van der Waals surface area contributed by atoms with Crippen LogP contribution in [-0.4, -0.2) is 72.4 Å². The van der Waals surface area contributed by atoms with Crippen LogP contribution in [0.5, 0.6) is 5.75 Å². The summed E-state index contributed by atoms with van der Waals surface area (Å²) in [6.07, 6.45) is 3.20. The minimum Gasteiger partial charge on any atom is -0.494 e. The number of carbonyl (C=O) groups is 1. The molecule has 1 spiro atoms. The van der Waals surface area contributed by atoms with Crippen molar-refractivity contribution in [3.05, 3.63) is 65.7 Å². The lowest BCUT2D eigenvalue weighted by Crippen LogP contribution is -2.49. The standard InChI is InChI=1S/C26H27FN4O4/c1-3-35-19-5-7-22(27)20(11-19)18-12-28-25(29-13-18)31-14-26(15-34-16-26)21-6-4-17(10-23(21)31)24(33)30(2)8-9-32/h4-7,10-13,32H,3,8-9,14-16H2,1-2H3. The molecule has 35 heavy (non-hydrogen) atoms. The molecule has 1 N–H and O–H groups in total. The van der Waals surface area contributed by atoms with E-state index in [2.05, 4.69) is 9.97 Å². The number of ether oxygens (including phenoxy) is 2. The van der Waals surface area contributed by atoms with Gasteiger partial charge in [0.2, 0.25) is 5.95 Å². The molecular formula is C26H27FN4O4. The highest BCUT2D eigenvalue weighted by Crippen LogP contribution is 2.48. The van der Waals surface area contributed by atoms with E-state index in [-0.39, 0.29) is 30.3 Å². The minimum absolute atomic E-state index is 0.103. The van der Waals surface area contributed by atoms with Crippen molar-refractivity contribution >= 4 is 17.5 Å². The molecule has 2 aromatic carbocycles. The zero-order valence-corrected chi connectivity index (χ0v) is 19.7. The molecule has 0 saturated carbocycles. The van der Waals surface area contributed by atoms with Gasteiger partial charge in [-0.3, -0.25) is 4.79 Å². The molecule has 3 heterocycles. The van der Waals surface area contributed by atoms with E-state index in [9.17, 15) is 14.3 Å². The molecule has 3 aromatic rings. The Morgan fingerprint density at radius 1 is 1.23 bits per heavy atom. The van der Waals surface area contributed by atoms with Gasteiger partial charge < -0.3 is 24.4 Å². The van der Waals surface area contributed by atoms with Gasteiger partial charge in [-0.2, -0.15) is 0 Å². The quantitative estimate of drug-likeness (QED) is 0.558. The number of nitrogens with zero attached hydrogens (tertiary/aromatic N) is 4.